The van der Waals surface area contributed by atoms with E-state index in [1.54, 1.807) is 30.5 Å². The molecule has 2 aromatic carbocycles. The Labute approximate surface area is 137 Å². The molecule has 0 radical (unpaired) electrons. The van der Waals surface area contributed by atoms with Gasteiger partial charge in [0.25, 0.3) is 0 Å². The van der Waals surface area contributed by atoms with Crippen LogP contribution in [0, 0.1) is 0 Å². The zero-order chi connectivity index (χ0) is 16.1. The Hall–Kier alpha value is -2.73. The van der Waals surface area contributed by atoms with Gasteiger partial charge in [0.15, 0.2) is 0 Å². The molecule has 3 aromatic rings. The molecule has 0 fully saturated rings. The highest BCUT2D eigenvalue weighted by Crippen LogP contribution is 2.33. The number of nitrogens with zero attached hydrogens (tertiary/aromatic N) is 3. The minimum Gasteiger partial charge on any atom is -0.549 e. The van der Waals surface area contributed by atoms with Crippen LogP contribution in [0.15, 0.2) is 72.0 Å². The third-order valence-electron chi connectivity index (χ3n) is 3.15. The fourth-order valence-corrected chi connectivity index (χ4v) is 2.92. The normalized spacial score (nSPS) is 11.8. The minimum atomic E-state index is -1.19. The molecule has 6 heteroatoms. The van der Waals surface area contributed by atoms with Crippen molar-refractivity contribution in [3.8, 4) is 11.3 Å². The van der Waals surface area contributed by atoms with Crippen LogP contribution in [-0.2, 0) is 4.79 Å². The van der Waals surface area contributed by atoms with Gasteiger partial charge in [-0.1, -0.05) is 72.4 Å². The molecule has 3 rings (SSSR count). The maximum absolute atomic E-state index is 11.5. The van der Waals surface area contributed by atoms with Crippen LogP contribution in [0.4, 0.5) is 0 Å². The van der Waals surface area contributed by atoms with E-state index in [4.69, 9.17) is 0 Å². The van der Waals surface area contributed by atoms with Gasteiger partial charge in [-0.2, -0.15) is 5.10 Å². The molecule has 1 heterocycles. The zero-order valence-corrected chi connectivity index (χ0v) is 12.8. The summed E-state index contributed by atoms with van der Waals surface area (Å²) in [5, 5.41) is 18.7. The van der Waals surface area contributed by atoms with Crippen LogP contribution >= 0.6 is 11.8 Å². The number of hydrogen-bond donors (Lipinski definition) is 0. The fraction of sp³-hybridized carbons (Fsp3) is 0.0588. The largest absolute Gasteiger partial charge is 0.549 e. The topological polar surface area (TPSA) is 78.8 Å². The number of carbonyl (C=O) groups excluding carboxylic acids is 1. The molecule has 0 N–H and O–H groups in total. The molecular formula is C17H12N3O2S-. The maximum atomic E-state index is 11.5. The molecule has 0 aliphatic heterocycles. The van der Waals surface area contributed by atoms with E-state index >= 15 is 0 Å². The number of aromatic nitrogens is 3. The van der Waals surface area contributed by atoms with Gasteiger partial charge in [0, 0.05) is 5.56 Å². The molecule has 114 valence electrons. The molecule has 0 saturated heterocycles. The van der Waals surface area contributed by atoms with Crippen molar-refractivity contribution in [2.24, 2.45) is 0 Å². The Morgan fingerprint density at radius 1 is 1.00 bits per heavy atom. The minimum absolute atomic E-state index is 0.296. The highest BCUT2D eigenvalue weighted by molar-refractivity contribution is 8.00. The molecule has 1 aromatic heterocycles. The van der Waals surface area contributed by atoms with Gasteiger partial charge < -0.3 is 9.90 Å². The third-order valence-corrected chi connectivity index (χ3v) is 4.23. The van der Waals surface area contributed by atoms with Crippen molar-refractivity contribution in [1.29, 1.82) is 0 Å². The van der Waals surface area contributed by atoms with Crippen LogP contribution < -0.4 is 5.11 Å². The van der Waals surface area contributed by atoms with E-state index in [2.05, 4.69) is 15.2 Å². The van der Waals surface area contributed by atoms with Crippen molar-refractivity contribution in [2.45, 2.75) is 10.4 Å². The van der Waals surface area contributed by atoms with Crippen LogP contribution in [0.2, 0.25) is 0 Å². The van der Waals surface area contributed by atoms with Crippen molar-refractivity contribution >= 4 is 17.7 Å². The van der Waals surface area contributed by atoms with Gasteiger partial charge in [0.2, 0.25) is 5.16 Å². The second kappa shape index (κ2) is 7.02. The van der Waals surface area contributed by atoms with E-state index in [0.717, 1.165) is 17.3 Å². The molecule has 5 nitrogen and oxygen atoms in total. The van der Waals surface area contributed by atoms with Gasteiger partial charge in [-0.25, -0.2) is 4.98 Å². The number of carbonyl (C=O) groups is 1. The molecule has 23 heavy (non-hydrogen) atoms. The summed E-state index contributed by atoms with van der Waals surface area (Å²) in [6.45, 7) is 0. The number of thioether (sulfide) groups is 1. The number of carboxylic acids is 1. The summed E-state index contributed by atoms with van der Waals surface area (Å²) >= 11 is 1.01. The highest BCUT2D eigenvalue weighted by atomic mass is 32.2. The predicted octanol–water partition coefficient (Wildman–Crippen LogP) is 2.12. The summed E-state index contributed by atoms with van der Waals surface area (Å²) in [5.41, 5.74) is 2.17. The lowest BCUT2D eigenvalue weighted by atomic mass is 10.1. The van der Waals surface area contributed by atoms with Crippen molar-refractivity contribution in [3.63, 3.8) is 0 Å². The molecule has 0 spiro atoms. The SMILES string of the molecule is O=C([O-])[C@H](Sc1nncc(-c2ccccc2)n1)c1ccccc1. The van der Waals surface area contributed by atoms with E-state index in [1.807, 2.05) is 36.4 Å². The highest BCUT2D eigenvalue weighted by Gasteiger charge is 2.17. The first-order chi connectivity index (χ1) is 11.2. The lowest BCUT2D eigenvalue weighted by Gasteiger charge is -2.16. The third kappa shape index (κ3) is 3.73. The van der Waals surface area contributed by atoms with Crippen molar-refractivity contribution in [1.82, 2.24) is 15.2 Å². The Morgan fingerprint density at radius 2 is 1.65 bits per heavy atom. The summed E-state index contributed by atoms with van der Waals surface area (Å²) in [6, 6.07) is 18.4. The summed E-state index contributed by atoms with van der Waals surface area (Å²) in [6.07, 6.45) is 1.55. The number of carboxylic acid groups (broad SMARTS) is 1. The fourth-order valence-electron chi connectivity index (χ4n) is 2.07. The van der Waals surface area contributed by atoms with E-state index in [9.17, 15) is 9.90 Å². The van der Waals surface area contributed by atoms with Crippen molar-refractivity contribution in [2.75, 3.05) is 0 Å². The average molecular weight is 322 g/mol. The first kappa shape index (κ1) is 15.2. The van der Waals surface area contributed by atoms with Gasteiger partial charge >= 0.3 is 0 Å². The van der Waals surface area contributed by atoms with E-state index < -0.39 is 11.2 Å². The van der Waals surface area contributed by atoms with Gasteiger partial charge in [-0.3, -0.25) is 0 Å². The quantitative estimate of drug-likeness (QED) is 0.670. The van der Waals surface area contributed by atoms with Gasteiger partial charge in [0.05, 0.1) is 23.1 Å². The molecule has 0 aliphatic rings. The molecule has 0 aliphatic carbocycles. The number of aliphatic carboxylic acids is 1. The predicted molar refractivity (Wildman–Crippen MR) is 85.3 cm³/mol. The smallest absolute Gasteiger partial charge is 0.210 e. The first-order valence-electron chi connectivity index (χ1n) is 6.91. The maximum Gasteiger partial charge on any atom is 0.210 e. The lowest BCUT2D eigenvalue weighted by Crippen LogP contribution is -2.28. The lowest BCUT2D eigenvalue weighted by molar-refractivity contribution is -0.305. The molecule has 0 unspecified atom stereocenters. The zero-order valence-electron chi connectivity index (χ0n) is 12.0. The summed E-state index contributed by atoms with van der Waals surface area (Å²) in [4.78, 5) is 15.8. The Bertz CT molecular complexity index is 797. The van der Waals surface area contributed by atoms with Crippen LogP contribution in [-0.4, -0.2) is 21.2 Å². The summed E-state index contributed by atoms with van der Waals surface area (Å²) < 4.78 is 0. The van der Waals surface area contributed by atoms with Gasteiger partial charge in [-0.15, -0.1) is 5.10 Å². The average Bonchev–Trinajstić information content (AvgIpc) is 2.61. The summed E-state index contributed by atoms with van der Waals surface area (Å²) in [5.74, 6) is -1.19. The van der Waals surface area contributed by atoms with Crippen LogP contribution in [0.1, 0.15) is 10.8 Å². The van der Waals surface area contributed by atoms with Crippen molar-refractivity contribution < 1.29 is 9.90 Å². The van der Waals surface area contributed by atoms with E-state index in [-0.39, 0.29) is 0 Å². The molecule has 0 saturated carbocycles. The Balaban J connectivity index is 1.88. The van der Waals surface area contributed by atoms with Gasteiger partial charge in [0.1, 0.15) is 0 Å². The first-order valence-corrected chi connectivity index (χ1v) is 7.79. The van der Waals surface area contributed by atoms with E-state index in [1.165, 1.54) is 0 Å². The number of rotatable bonds is 5. The standard InChI is InChI=1S/C17H13N3O2S/c21-16(22)15(13-9-5-2-6-10-13)23-17-19-14(11-18-20-17)12-7-3-1-4-8-12/h1-11,15H,(H,21,22)/p-1/t15-/m1/s1. The number of benzene rings is 2. The van der Waals surface area contributed by atoms with Crippen LogP contribution in [0.3, 0.4) is 0 Å². The van der Waals surface area contributed by atoms with Crippen molar-refractivity contribution in [3.05, 3.63) is 72.4 Å². The van der Waals surface area contributed by atoms with Crippen LogP contribution in [0.25, 0.3) is 11.3 Å². The van der Waals surface area contributed by atoms with Crippen LogP contribution in [0.5, 0.6) is 0 Å². The number of hydrogen-bond acceptors (Lipinski definition) is 6. The molecular weight excluding hydrogens is 310 g/mol. The molecule has 0 bridgehead atoms. The second-order valence-electron chi connectivity index (χ2n) is 4.72. The monoisotopic (exact) mass is 322 g/mol. The summed E-state index contributed by atoms with van der Waals surface area (Å²) in [7, 11) is 0. The Kier molecular flexibility index (Phi) is 4.63. The second-order valence-corrected chi connectivity index (χ2v) is 5.79. The molecule has 0 amide bonds. The molecule has 1 atom stereocenters. The van der Waals surface area contributed by atoms with E-state index in [0.29, 0.717) is 16.4 Å². The Morgan fingerprint density at radius 3 is 2.30 bits per heavy atom. The van der Waals surface area contributed by atoms with Gasteiger partial charge in [-0.05, 0) is 5.56 Å².